The number of carbonyl (C=O) groups is 2. The number of aliphatic hydroxyl groups is 3. The normalized spacial score (nSPS) is 49.6. The molecular formula is C22H27FO5. The number of Topliss-reactive ketones (excluding diaryl/α,β-unsaturated/α-hetero) is 1. The quantitative estimate of drug-likeness (QED) is 0.674. The molecule has 28 heavy (non-hydrogen) atoms. The van der Waals surface area contributed by atoms with E-state index in [1.165, 1.54) is 18.2 Å². The maximum absolute atomic E-state index is 16.8. The first kappa shape index (κ1) is 19.5. The third kappa shape index (κ3) is 1.93. The number of aliphatic hydroxyl groups excluding tert-OH is 2. The van der Waals surface area contributed by atoms with Crippen LogP contribution in [0.25, 0.3) is 0 Å². The summed E-state index contributed by atoms with van der Waals surface area (Å²) in [5.74, 6) is -2.87. The first-order valence-electron chi connectivity index (χ1n) is 9.88. The Labute approximate surface area is 163 Å². The molecule has 7 atom stereocenters. The van der Waals surface area contributed by atoms with Gasteiger partial charge < -0.3 is 15.3 Å². The molecule has 0 saturated heterocycles. The molecule has 0 aromatic heterocycles. The van der Waals surface area contributed by atoms with E-state index in [-0.39, 0.29) is 11.7 Å². The highest BCUT2D eigenvalue weighted by molar-refractivity contribution is 6.01. The van der Waals surface area contributed by atoms with Gasteiger partial charge in [0.2, 0.25) is 0 Å². The molecule has 0 aliphatic heterocycles. The van der Waals surface area contributed by atoms with E-state index in [2.05, 4.69) is 0 Å². The first-order chi connectivity index (χ1) is 13.0. The van der Waals surface area contributed by atoms with Crippen molar-refractivity contribution in [3.05, 3.63) is 35.6 Å². The van der Waals surface area contributed by atoms with E-state index in [1.807, 2.05) is 0 Å². The Morgan fingerprint density at radius 2 is 2.00 bits per heavy atom. The standard InChI is InChI=1S/C22H27FO5/c1-12-8-16-15-5-4-13-9-14(25)6-7-19(13,2)21(15,23)17(26)10-20(16,3)22(12,28)18(27)11-24/h6-7,9-10,12,15-16,24,26,28H,4-5,8,11H2,1-3H3/t12-,15+,16+,19+,20+,21+,22+/m1/s1. The summed E-state index contributed by atoms with van der Waals surface area (Å²) in [5.41, 5.74) is -5.66. The molecule has 0 heterocycles. The molecule has 4 aliphatic carbocycles. The lowest BCUT2D eigenvalue weighted by Crippen LogP contribution is -2.63. The highest BCUT2D eigenvalue weighted by atomic mass is 19.1. The van der Waals surface area contributed by atoms with Gasteiger partial charge in [-0.05, 0) is 56.3 Å². The zero-order valence-corrected chi connectivity index (χ0v) is 16.4. The minimum absolute atomic E-state index is 0.184. The number of halogens is 1. The van der Waals surface area contributed by atoms with Gasteiger partial charge in [0.15, 0.2) is 17.2 Å². The topological polar surface area (TPSA) is 94.8 Å². The SMILES string of the molecule is C[C@@H]1C[C@H]2[C@@H]3CCC4=CC(=O)C=C[C@]4(C)[C@@]3(F)C(O)=C[C@]2(C)[C@@]1(O)C(=O)CO. The minimum atomic E-state index is -2.12. The van der Waals surface area contributed by atoms with Crippen LogP contribution in [0.1, 0.15) is 40.0 Å². The minimum Gasteiger partial charge on any atom is -0.509 e. The van der Waals surface area contributed by atoms with Crippen molar-refractivity contribution in [2.24, 2.45) is 28.6 Å². The summed E-state index contributed by atoms with van der Waals surface area (Å²) in [4.78, 5) is 24.3. The van der Waals surface area contributed by atoms with Crippen LogP contribution in [0, 0.1) is 28.6 Å². The monoisotopic (exact) mass is 390 g/mol. The summed E-state index contributed by atoms with van der Waals surface area (Å²) >= 11 is 0. The number of alkyl halides is 1. The highest BCUT2D eigenvalue weighted by Crippen LogP contribution is 2.69. The molecule has 2 fully saturated rings. The predicted molar refractivity (Wildman–Crippen MR) is 100 cm³/mol. The molecule has 0 unspecified atom stereocenters. The molecular weight excluding hydrogens is 363 g/mol. The summed E-state index contributed by atoms with van der Waals surface area (Å²) in [6.07, 6.45) is 7.00. The molecule has 0 amide bonds. The smallest absolute Gasteiger partial charge is 0.190 e. The van der Waals surface area contributed by atoms with Crippen LogP contribution >= 0.6 is 0 Å². The fourth-order valence-electron chi connectivity index (χ4n) is 6.74. The van der Waals surface area contributed by atoms with Crippen molar-refractivity contribution in [3.63, 3.8) is 0 Å². The van der Waals surface area contributed by atoms with Gasteiger partial charge in [-0.1, -0.05) is 25.5 Å². The van der Waals surface area contributed by atoms with Gasteiger partial charge in [0, 0.05) is 16.7 Å². The van der Waals surface area contributed by atoms with Crippen LogP contribution in [0.3, 0.4) is 0 Å². The van der Waals surface area contributed by atoms with Crippen molar-refractivity contribution in [1.29, 1.82) is 0 Å². The molecule has 152 valence electrons. The van der Waals surface area contributed by atoms with E-state index in [0.29, 0.717) is 24.8 Å². The fourth-order valence-corrected chi connectivity index (χ4v) is 6.74. The largest absolute Gasteiger partial charge is 0.509 e. The number of fused-ring (bicyclic) bond motifs is 5. The summed E-state index contributed by atoms with van der Waals surface area (Å²) in [6.45, 7) is 4.30. The van der Waals surface area contributed by atoms with E-state index in [9.17, 15) is 24.9 Å². The molecule has 3 N–H and O–H groups in total. The Balaban J connectivity index is 1.91. The van der Waals surface area contributed by atoms with E-state index >= 15 is 4.39 Å². The zero-order chi connectivity index (χ0) is 20.7. The van der Waals surface area contributed by atoms with Crippen LogP contribution in [0.2, 0.25) is 0 Å². The van der Waals surface area contributed by atoms with Crippen molar-refractivity contribution in [3.8, 4) is 0 Å². The number of ketones is 2. The van der Waals surface area contributed by atoms with Gasteiger partial charge in [-0.2, -0.15) is 0 Å². The van der Waals surface area contributed by atoms with Gasteiger partial charge in [0.1, 0.15) is 18.0 Å². The average Bonchev–Trinajstić information content (AvgIpc) is 2.84. The van der Waals surface area contributed by atoms with Gasteiger partial charge in [-0.25, -0.2) is 4.39 Å². The van der Waals surface area contributed by atoms with E-state index in [0.717, 1.165) is 0 Å². The summed E-state index contributed by atoms with van der Waals surface area (Å²) in [6, 6.07) is 0. The Kier molecular flexibility index (Phi) is 3.93. The second-order valence-electron chi connectivity index (χ2n) is 9.37. The van der Waals surface area contributed by atoms with Crippen LogP contribution in [-0.2, 0) is 9.59 Å². The molecule has 0 aromatic carbocycles. The number of allylic oxidation sites excluding steroid dienone is 5. The van der Waals surface area contributed by atoms with Crippen LogP contribution < -0.4 is 0 Å². The van der Waals surface area contributed by atoms with Gasteiger partial charge in [-0.3, -0.25) is 9.59 Å². The number of carbonyl (C=O) groups excluding carboxylic acids is 2. The van der Waals surface area contributed by atoms with Crippen molar-refractivity contribution < 1.29 is 29.3 Å². The zero-order valence-electron chi connectivity index (χ0n) is 16.4. The van der Waals surface area contributed by atoms with E-state index < -0.39 is 52.1 Å². The third-order valence-corrected chi connectivity index (χ3v) is 8.33. The van der Waals surface area contributed by atoms with Gasteiger partial charge in [-0.15, -0.1) is 0 Å². The Hall–Kier alpha value is -1.79. The van der Waals surface area contributed by atoms with Crippen LogP contribution in [-0.4, -0.2) is 44.8 Å². The molecule has 0 spiro atoms. The van der Waals surface area contributed by atoms with Crippen molar-refractivity contribution in [1.82, 2.24) is 0 Å². The van der Waals surface area contributed by atoms with Crippen molar-refractivity contribution in [2.75, 3.05) is 6.61 Å². The lowest BCUT2D eigenvalue weighted by Gasteiger charge is -2.58. The molecule has 2 saturated carbocycles. The first-order valence-corrected chi connectivity index (χ1v) is 9.88. The molecule has 6 heteroatoms. The van der Waals surface area contributed by atoms with Crippen molar-refractivity contribution >= 4 is 11.6 Å². The van der Waals surface area contributed by atoms with Gasteiger partial charge in [0.05, 0.1) is 0 Å². The highest BCUT2D eigenvalue weighted by Gasteiger charge is 2.73. The Morgan fingerprint density at radius 3 is 2.64 bits per heavy atom. The lowest BCUT2D eigenvalue weighted by molar-refractivity contribution is -0.162. The van der Waals surface area contributed by atoms with Gasteiger partial charge in [0.25, 0.3) is 0 Å². The van der Waals surface area contributed by atoms with E-state index in [1.54, 1.807) is 26.8 Å². The summed E-state index contributed by atoms with van der Waals surface area (Å²) in [5, 5.41) is 31.8. The maximum atomic E-state index is 16.8. The van der Waals surface area contributed by atoms with Crippen molar-refractivity contribution in [2.45, 2.75) is 51.3 Å². The van der Waals surface area contributed by atoms with E-state index in [4.69, 9.17) is 0 Å². The molecule has 4 aliphatic rings. The molecule has 5 nitrogen and oxygen atoms in total. The third-order valence-electron chi connectivity index (χ3n) is 8.33. The lowest BCUT2D eigenvalue weighted by atomic mass is 9.47. The average molecular weight is 390 g/mol. The van der Waals surface area contributed by atoms with Crippen LogP contribution in [0.5, 0.6) is 0 Å². The molecule has 0 radical (unpaired) electrons. The maximum Gasteiger partial charge on any atom is 0.190 e. The molecule has 4 rings (SSSR count). The van der Waals surface area contributed by atoms with Crippen LogP contribution in [0.4, 0.5) is 4.39 Å². The molecule has 0 aromatic rings. The summed E-state index contributed by atoms with van der Waals surface area (Å²) < 4.78 is 16.8. The number of rotatable bonds is 2. The predicted octanol–water partition coefficient (Wildman–Crippen LogP) is 2.59. The second-order valence-corrected chi connectivity index (χ2v) is 9.37. The fraction of sp³-hybridized carbons (Fsp3) is 0.636. The Morgan fingerprint density at radius 1 is 1.32 bits per heavy atom. The van der Waals surface area contributed by atoms with Crippen LogP contribution in [0.15, 0.2) is 35.6 Å². The molecule has 0 bridgehead atoms. The number of hydrogen-bond acceptors (Lipinski definition) is 5. The number of hydrogen-bond donors (Lipinski definition) is 3. The Bertz CT molecular complexity index is 859. The second kappa shape index (κ2) is 5.63. The van der Waals surface area contributed by atoms with Gasteiger partial charge >= 0.3 is 0 Å². The summed E-state index contributed by atoms with van der Waals surface area (Å²) in [7, 11) is 0.